The summed E-state index contributed by atoms with van der Waals surface area (Å²) < 4.78 is 0. The molecule has 0 spiro atoms. The molecule has 2 aliphatic heterocycles. The van der Waals surface area contributed by atoms with E-state index in [1.807, 2.05) is 0 Å². The summed E-state index contributed by atoms with van der Waals surface area (Å²) in [7, 11) is 0. The zero-order valence-corrected chi connectivity index (χ0v) is 19.9. The molecule has 172 valence electrons. The fourth-order valence-corrected chi connectivity index (χ4v) is 5.81. The third-order valence-corrected chi connectivity index (χ3v) is 7.92. The summed E-state index contributed by atoms with van der Waals surface area (Å²) in [6, 6.07) is 10.6. The predicted molar refractivity (Wildman–Crippen MR) is 128 cm³/mol. The van der Waals surface area contributed by atoms with E-state index in [4.69, 9.17) is 0 Å². The molecule has 31 heavy (non-hydrogen) atoms. The van der Waals surface area contributed by atoms with Gasteiger partial charge in [0.05, 0.1) is 0 Å². The Bertz CT molecular complexity index is 703. The van der Waals surface area contributed by atoms with Crippen molar-refractivity contribution in [2.75, 3.05) is 39.3 Å². The Balaban J connectivity index is 1.28. The number of hydrogen-bond acceptors (Lipinski definition) is 3. The summed E-state index contributed by atoms with van der Waals surface area (Å²) in [5.41, 5.74) is 2.74. The van der Waals surface area contributed by atoms with E-state index in [-0.39, 0.29) is 6.03 Å². The highest BCUT2D eigenvalue weighted by molar-refractivity contribution is 5.74. The van der Waals surface area contributed by atoms with Crippen molar-refractivity contribution in [3.05, 3.63) is 35.4 Å². The summed E-state index contributed by atoms with van der Waals surface area (Å²) >= 11 is 0. The molecule has 2 saturated heterocycles. The zero-order valence-electron chi connectivity index (χ0n) is 19.9. The van der Waals surface area contributed by atoms with Gasteiger partial charge < -0.3 is 10.2 Å². The first kappa shape index (κ1) is 22.6. The first-order chi connectivity index (χ1) is 15.0. The van der Waals surface area contributed by atoms with Crippen LogP contribution in [-0.4, -0.2) is 78.1 Å². The van der Waals surface area contributed by atoms with E-state index in [0.29, 0.717) is 24.0 Å². The third-order valence-electron chi connectivity index (χ3n) is 7.92. The van der Waals surface area contributed by atoms with Crippen molar-refractivity contribution in [3.8, 4) is 0 Å². The molecular formula is C26H42N4O. The van der Waals surface area contributed by atoms with Gasteiger partial charge in [-0.2, -0.15) is 0 Å². The molecule has 1 saturated carbocycles. The number of amides is 2. The Kier molecular flexibility index (Phi) is 7.55. The minimum atomic E-state index is 0.167. The molecule has 5 nitrogen and oxygen atoms in total. The number of hydrogen-bond donors (Lipinski definition) is 1. The first-order valence-corrected chi connectivity index (χ1v) is 12.6. The van der Waals surface area contributed by atoms with Crippen LogP contribution in [0.2, 0.25) is 0 Å². The Morgan fingerprint density at radius 2 is 1.55 bits per heavy atom. The second-order valence-corrected chi connectivity index (χ2v) is 10.2. The van der Waals surface area contributed by atoms with Crippen LogP contribution in [0, 0.1) is 6.92 Å². The smallest absolute Gasteiger partial charge is 0.317 e. The number of aryl methyl sites for hydroxylation is 1. The lowest BCUT2D eigenvalue weighted by molar-refractivity contribution is 0.0498. The van der Waals surface area contributed by atoms with Gasteiger partial charge in [-0.05, 0) is 57.9 Å². The van der Waals surface area contributed by atoms with Crippen molar-refractivity contribution in [2.24, 2.45) is 0 Å². The largest absolute Gasteiger partial charge is 0.334 e. The minimum Gasteiger partial charge on any atom is -0.334 e. The van der Waals surface area contributed by atoms with Crippen LogP contribution < -0.4 is 5.32 Å². The summed E-state index contributed by atoms with van der Waals surface area (Å²) in [5, 5.41) is 3.46. The molecule has 2 amide bonds. The molecule has 4 rings (SSSR count). The van der Waals surface area contributed by atoms with Gasteiger partial charge in [-0.15, -0.1) is 0 Å². The second kappa shape index (κ2) is 10.4. The zero-order chi connectivity index (χ0) is 21.8. The molecule has 3 fully saturated rings. The quantitative estimate of drug-likeness (QED) is 0.783. The van der Waals surface area contributed by atoms with Crippen LogP contribution in [-0.2, 0) is 0 Å². The van der Waals surface area contributed by atoms with Crippen LogP contribution in [0.3, 0.4) is 0 Å². The van der Waals surface area contributed by atoms with Gasteiger partial charge in [-0.3, -0.25) is 9.80 Å². The van der Waals surface area contributed by atoms with Crippen molar-refractivity contribution in [1.29, 1.82) is 0 Å². The number of piperazine rings is 1. The van der Waals surface area contributed by atoms with E-state index in [1.165, 1.54) is 30.4 Å². The van der Waals surface area contributed by atoms with Crippen LogP contribution in [0.25, 0.3) is 0 Å². The number of likely N-dealkylation sites (tertiary alicyclic amines) is 1. The van der Waals surface area contributed by atoms with Crippen molar-refractivity contribution >= 4 is 6.03 Å². The standard InChI is InChI=1S/C26H42N4O/c1-20(2)28-16-18-29(19-17-28)25-7-5-4-6-24(25)27-26(31)30-14-12-23(13-15-30)22-10-8-21(3)9-11-22/h8-11,20,23-25H,4-7,12-19H2,1-3H3,(H,27,31)/t24?,25-/m0/s1. The maximum absolute atomic E-state index is 13.1. The number of rotatable bonds is 4. The van der Waals surface area contributed by atoms with Crippen molar-refractivity contribution in [3.63, 3.8) is 0 Å². The lowest BCUT2D eigenvalue weighted by Gasteiger charge is -2.45. The average molecular weight is 427 g/mol. The van der Waals surface area contributed by atoms with Crippen molar-refractivity contribution in [2.45, 2.75) is 83.3 Å². The lowest BCUT2D eigenvalue weighted by atomic mass is 9.88. The highest BCUT2D eigenvalue weighted by atomic mass is 16.2. The Morgan fingerprint density at radius 1 is 0.903 bits per heavy atom. The molecule has 1 aromatic rings. The van der Waals surface area contributed by atoms with E-state index >= 15 is 0 Å². The van der Waals surface area contributed by atoms with Crippen molar-refractivity contribution in [1.82, 2.24) is 20.0 Å². The fourth-order valence-electron chi connectivity index (χ4n) is 5.81. The summed E-state index contributed by atoms with van der Waals surface area (Å²) in [6.07, 6.45) is 7.03. The van der Waals surface area contributed by atoms with Gasteiger partial charge in [-0.25, -0.2) is 4.79 Å². The van der Waals surface area contributed by atoms with Crippen LogP contribution in [0.1, 0.15) is 69.4 Å². The van der Waals surface area contributed by atoms with Crippen LogP contribution in [0.5, 0.6) is 0 Å². The van der Waals surface area contributed by atoms with Crippen LogP contribution in [0.15, 0.2) is 24.3 Å². The number of nitrogens with one attached hydrogen (secondary N) is 1. The van der Waals surface area contributed by atoms with Gasteiger partial charge in [0.2, 0.25) is 0 Å². The molecule has 1 N–H and O–H groups in total. The fraction of sp³-hybridized carbons (Fsp3) is 0.731. The second-order valence-electron chi connectivity index (χ2n) is 10.2. The predicted octanol–water partition coefficient (Wildman–Crippen LogP) is 4.22. The molecule has 1 aliphatic carbocycles. The van der Waals surface area contributed by atoms with E-state index in [1.54, 1.807) is 0 Å². The molecule has 1 aromatic carbocycles. The monoisotopic (exact) mass is 426 g/mol. The van der Waals surface area contributed by atoms with Gasteiger partial charge in [0, 0.05) is 57.4 Å². The average Bonchev–Trinajstić information content (AvgIpc) is 2.80. The molecule has 2 atom stereocenters. The van der Waals surface area contributed by atoms with Crippen LogP contribution >= 0.6 is 0 Å². The van der Waals surface area contributed by atoms with Gasteiger partial charge >= 0.3 is 6.03 Å². The number of nitrogens with zero attached hydrogens (tertiary/aromatic N) is 3. The van der Waals surface area contributed by atoms with E-state index in [0.717, 1.165) is 58.5 Å². The van der Waals surface area contributed by atoms with Gasteiger partial charge in [-0.1, -0.05) is 42.7 Å². The summed E-state index contributed by atoms with van der Waals surface area (Å²) in [4.78, 5) is 20.4. The molecule has 5 heteroatoms. The minimum absolute atomic E-state index is 0.167. The molecule has 1 unspecified atom stereocenters. The number of carbonyl (C=O) groups is 1. The van der Waals surface area contributed by atoms with Crippen molar-refractivity contribution < 1.29 is 4.79 Å². The number of urea groups is 1. The highest BCUT2D eigenvalue weighted by Gasteiger charge is 2.34. The summed E-state index contributed by atoms with van der Waals surface area (Å²) in [5.74, 6) is 0.587. The molecular weight excluding hydrogens is 384 g/mol. The summed E-state index contributed by atoms with van der Waals surface area (Å²) in [6.45, 7) is 13.0. The normalized spacial score (nSPS) is 26.9. The molecule has 0 bridgehead atoms. The Labute approximate surface area is 189 Å². The van der Waals surface area contributed by atoms with E-state index in [2.05, 4.69) is 65.1 Å². The van der Waals surface area contributed by atoms with Gasteiger partial charge in [0.15, 0.2) is 0 Å². The first-order valence-electron chi connectivity index (χ1n) is 12.6. The molecule has 2 heterocycles. The van der Waals surface area contributed by atoms with Crippen LogP contribution in [0.4, 0.5) is 4.79 Å². The third kappa shape index (κ3) is 5.61. The van der Waals surface area contributed by atoms with Gasteiger partial charge in [0.1, 0.15) is 0 Å². The SMILES string of the molecule is Cc1ccc(C2CCN(C(=O)NC3CCCC[C@@H]3N3CCN(C(C)C)CC3)CC2)cc1. The number of carbonyl (C=O) groups excluding carboxylic acids is 1. The number of benzene rings is 1. The van der Waals surface area contributed by atoms with Gasteiger partial charge in [0.25, 0.3) is 0 Å². The van der Waals surface area contributed by atoms with E-state index in [9.17, 15) is 4.79 Å². The number of piperidine rings is 1. The Morgan fingerprint density at radius 3 is 2.19 bits per heavy atom. The topological polar surface area (TPSA) is 38.8 Å². The highest BCUT2D eigenvalue weighted by Crippen LogP contribution is 2.29. The molecule has 0 aromatic heterocycles. The van der Waals surface area contributed by atoms with E-state index < -0.39 is 0 Å². The maximum Gasteiger partial charge on any atom is 0.317 e. The molecule has 3 aliphatic rings. The Hall–Kier alpha value is -1.59. The molecule has 0 radical (unpaired) electrons. The lowest BCUT2D eigenvalue weighted by Crippen LogP contribution is -2.60. The maximum atomic E-state index is 13.1.